The molecule has 25 heavy (non-hydrogen) atoms. The van der Waals surface area contributed by atoms with E-state index in [9.17, 15) is 4.79 Å². The summed E-state index contributed by atoms with van der Waals surface area (Å²) in [5, 5.41) is 3.24. The lowest BCUT2D eigenvalue weighted by Crippen LogP contribution is -2.47. The molecule has 0 spiro atoms. The molecule has 1 N–H and O–H groups in total. The fraction of sp³-hybridized carbons (Fsp3) is 0.500. The molecule has 5 heteroatoms. The maximum absolute atomic E-state index is 12.5. The number of amides is 1. The number of nitrogens with one attached hydrogen (secondary N) is 1. The third kappa shape index (κ3) is 3.47. The van der Waals surface area contributed by atoms with Gasteiger partial charge in [0, 0.05) is 24.2 Å². The molecule has 4 rings (SSSR count). The zero-order valence-corrected chi connectivity index (χ0v) is 14.7. The van der Waals surface area contributed by atoms with Crippen molar-refractivity contribution < 1.29 is 9.21 Å². The summed E-state index contributed by atoms with van der Waals surface area (Å²) in [5.41, 5.74) is 1.67. The van der Waals surface area contributed by atoms with E-state index in [-0.39, 0.29) is 18.4 Å². The van der Waals surface area contributed by atoms with E-state index < -0.39 is 0 Å². The van der Waals surface area contributed by atoms with Gasteiger partial charge in [-0.3, -0.25) is 9.69 Å². The number of hydrogen-bond acceptors (Lipinski definition) is 4. The summed E-state index contributed by atoms with van der Waals surface area (Å²) < 4.78 is 5.76. The van der Waals surface area contributed by atoms with Crippen molar-refractivity contribution in [3.8, 4) is 11.5 Å². The second-order valence-corrected chi connectivity index (χ2v) is 7.13. The van der Waals surface area contributed by atoms with E-state index in [1.165, 1.54) is 25.8 Å². The Hall–Kier alpha value is -2.14. The second kappa shape index (κ2) is 7.00. The van der Waals surface area contributed by atoms with Crippen molar-refractivity contribution in [2.45, 2.75) is 51.1 Å². The number of oxazole rings is 1. The van der Waals surface area contributed by atoms with Crippen LogP contribution in [0.2, 0.25) is 0 Å². The molecule has 5 nitrogen and oxygen atoms in total. The quantitative estimate of drug-likeness (QED) is 0.930. The van der Waals surface area contributed by atoms with E-state index in [0.29, 0.717) is 11.9 Å². The van der Waals surface area contributed by atoms with Crippen LogP contribution in [-0.2, 0) is 11.2 Å². The van der Waals surface area contributed by atoms with Gasteiger partial charge in [0.25, 0.3) is 0 Å². The van der Waals surface area contributed by atoms with Crippen molar-refractivity contribution in [1.82, 2.24) is 15.2 Å². The van der Waals surface area contributed by atoms with Crippen LogP contribution in [-0.4, -0.2) is 41.0 Å². The number of piperidine rings is 1. The van der Waals surface area contributed by atoms with Crippen LogP contribution in [0.25, 0.3) is 11.5 Å². The molecule has 2 aliphatic rings. The standard InChI is InChI=1S/C20H25N3O2/c1-14-17(22-20(25-14)15-7-3-2-4-8-15)13-19(24)21-16-10-12-23-11-6-5-9-18(16)23/h2-4,7-8,16,18H,5-6,9-13H2,1H3,(H,21,24)/t16-,18-/m0/s1. The van der Waals surface area contributed by atoms with Gasteiger partial charge in [-0.1, -0.05) is 24.6 Å². The molecular formula is C20H25N3O2. The molecule has 0 unspecified atom stereocenters. The Bertz CT molecular complexity index is 741. The van der Waals surface area contributed by atoms with Crippen LogP contribution in [0, 0.1) is 6.92 Å². The minimum atomic E-state index is 0.0495. The molecule has 2 aliphatic heterocycles. The summed E-state index contributed by atoms with van der Waals surface area (Å²) in [7, 11) is 0. The predicted molar refractivity (Wildman–Crippen MR) is 96.1 cm³/mol. The van der Waals surface area contributed by atoms with Crippen molar-refractivity contribution in [3.63, 3.8) is 0 Å². The summed E-state index contributed by atoms with van der Waals surface area (Å²) >= 11 is 0. The zero-order chi connectivity index (χ0) is 17.2. The molecule has 2 aromatic rings. The average Bonchev–Trinajstić information content (AvgIpc) is 3.20. The van der Waals surface area contributed by atoms with E-state index in [4.69, 9.17) is 4.42 Å². The molecule has 1 aromatic heterocycles. The second-order valence-electron chi connectivity index (χ2n) is 7.13. The molecule has 2 atom stereocenters. The van der Waals surface area contributed by atoms with Crippen LogP contribution in [0.3, 0.4) is 0 Å². The van der Waals surface area contributed by atoms with Crippen molar-refractivity contribution in [2.75, 3.05) is 13.1 Å². The Morgan fingerprint density at radius 1 is 1.24 bits per heavy atom. The van der Waals surface area contributed by atoms with Crippen molar-refractivity contribution >= 4 is 5.91 Å². The largest absolute Gasteiger partial charge is 0.441 e. The number of rotatable bonds is 4. The summed E-state index contributed by atoms with van der Waals surface area (Å²) in [6.45, 7) is 4.16. The Morgan fingerprint density at radius 2 is 2.08 bits per heavy atom. The highest BCUT2D eigenvalue weighted by atomic mass is 16.4. The van der Waals surface area contributed by atoms with Crippen LogP contribution >= 0.6 is 0 Å². The Balaban J connectivity index is 1.40. The van der Waals surface area contributed by atoms with Crippen molar-refractivity contribution in [1.29, 1.82) is 0 Å². The van der Waals surface area contributed by atoms with Gasteiger partial charge in [0.2, 0.25) is 11.8 Å². The molecule has 0 aliphatic carbocycles. The smallest absolute Gasteiger partial charge is 0.226 e. The molecule has 0 bridgehead atoms. The maximum atomic E-state index is 12.5. The van der Waals surface area contributed by atoms with Crippen LogP contribution in [0.1, 0.15) is 37.1 Å². The molecule has 1 aromatic carbocycles. The number of nitrogens with zero attached hydrogens (tertiary/aromatic N) is 2. The van der Waals surface area contributed by atoms with Crippen LogP contribution < -0.4 is 5.32 Å². The molecule has 132 valence electrons. The van der Waals surface area contributed by atoms with E-state index in [1.54, 1.807) is 0 Å². The monoisotopic (exact) mass is 339 g/mol. The highest BCUT2D eigenvalue weighted by molar-refractivity contribution is 5.79. The Kier molecular flexibility index (Phi) is 4.57. The fourth-order valence-electron chi connectivity index (χ4n) is 4.12. The van der Waals surface area contributed by atoms with Gasteiger partial charge in [-0.05, 0) is 44.9 Å². The van der Waals surface area contributed by atoms with Gasteiger partial charge in [-0.25, -0.2) is 4.98 Å². The third-order valence-electron chi connectivity index (χ3n) is 5.44. The molecule has 2 fully saturated rings. The van der Waals surface area contributed by atoms with Crippen LogP contribution in [0.15, 0.2) is 34.7 Å². The minimum Gasteiger partial charge on any atom is -0.441 e. The molecule has 2 saturated heterocycles. The SMILES string of the molecule is Cc1oc(-c2ccccc2)nc1CC(=O)N[C@H]1CCN2CCCC[C@@H]12. The number of fused-ring (bicyclic) bond motifs is 1. The predicted octanol–water partition coefficient (Wildman–Crippen LogP) is 2.94. The molecule has 3 heterocycles. The zero-order valence-electron chi connectivity index (χ0n) is 14.7. The number of carbonyl (C=O) groups is 1. The first-order chi connectivity index (χ1) is 12.2. The number of aromatic nitrogens is 1. The van der Waals surface area contributed by atoms with Crippen LogP contribution in [0.5, 0.6) is 0 Å². The van der Waals surface area contributed by atoms with E-state index in [2.05, 4.69) is 15.2 Å². The molecule has 1 amide bonds. The topological polar surface area (TPSA) is 58.4 Å². The first-order valence-electron chi connectivity index (χ1n) is 9.26. The summed E-state index contributed by atoms with van der Waals surface area (Å²) in [6, 6.07) is 10.6. The van der Waals surface area contributed by atoms with Gasteiger partial charge in [0.1, 0.15) is 5.76 Å². The van der Waals surface area contributed by atoms with Gasteiger partial charge < -0.3 is 9.73 Å². The van der Waals surface area contributed by atoms with Crippen molar-refractivity contribution in [3.05, 3.63) is 41.8 Å². The molecular weight excluding hydrogens is 314 g/mol. The first-order valence-corrected chi connectivity index (χ1v) is 9.26. The number of aryl methyl sites for hydroxylation is 1. The lowest BCUT2D eigenvalue weighted by Gasteiger charge is -2.32. The number of hydrogen-bond donors (Lipinski definition) is 1. The van der Waals surface area contributed by atoms with E-state index in [0.717, 1.165) is 30.0 Å². The normalized spacial score (nSPS) is 23.4. The van der Waals surface area contributed by atoms with Gasteiger partial charge >= 0.3 is 0 Å². The van der Waals surface area contributed by atoms with Gasteiger partial charge in [0.15, 0.2) is 0 Å². The molecule has 0 radical (unpaired) electrons. The third-order valence-corrected chi connectivity index (χ3v) is 5.44. The Labute approximate surface area is 148 Å². The Morgan fingerprint density at radius 3 is 2.92 bits per heavy atom. The summed E-state index contributed by atoms with van der Waals surface area (Å²) in [5.74, 6) is 1.35. The van der Waals surface area contributed by atoms with Crippen molar-refractivity contribution in [2.24, 2.45) is 0 Å². The lowest BCUT2D eigenvalue weighted by molar-refractivity contribution is -0.121. The number of benzene rings is 1. The maximum Gasteiger partial charge on any atom is 0.226 e. The lowest BCUT2D eigenvalue weighted by atomic mass is 9.99. The van der Waals surface area contributed by atoms with Gasteiger partial charge in [-0.2, -0.15) is 0 Å². The first kappa shape index (κ1) is 16.3. The minimum absolute atomic E-state index is 0.0495. The van der Waals surface area contributed by atoms with Gasteiger partial charge in [0.05, 0.1) is 12.1 Å². The summed E-state index contributed by atoms with van der Waals surface area (Å²) in [4.78, 5) is 19.6. The van der Waals surface area contributed by atoms with E-state index >= 15 is 0 Å². The molecule has 0 saturated carbocycles. The van der Waals surface area contributed by atoms with Crippen LogP contribution in [0.4, 0.5) is 0 Å². The van der Waals surface area contributed by atoms with Gasteiger partial charge in [-0.15, -0.1) is 0 Å². The highest BCUT2D eigenvalue weighted by Crippen LogP contribution is 2.27. The van der Waals surface area contributed by atoms with E-state index in [1.807, 2.05) is 37.3 Å². The summed E-state index contributed by atoms with van der Waals surface area (Å²) in [6.07, 6.45) is 5.11. The average molecular weight is 339 g/mol. The fourth-order valence-corrected chi connectivity index (χ4v) is 4.12. The highest BCUT2D eigenvalue weighted by Gasteiger charge is 2.36. The number of carbonyl (C=O) groups excluding carboxylic acids is 1.